The molecule has 0 aliphatic rings. The molecule has 27 heavy (non-hydrogen) atoms. The first-order chi connectivity index (χ1) is 12.8. The fraction of sp³-hybridized carbons (Fsp3) is 0.250. The summed E-state index contributed by atoms with van der Waals surface area (Å²) >= 11 is 0. The molecule has 2 amide bonds. The van der Waals surface area contributed by atoms with Crippen molar-refractivity contribution in [3.8, 4) is 17.6 Å². The highest BCUT2D eigenvalue weighted by molar-refractivity contribution is 5.90. The third kappa shape index (κ3) is 6.71. The Hall–Kier alpha value is -3.53. The Morgan fingerprint density at radius 3 is 2.48 bits per heavy atom. The molecule has 0 aliphatic heterocycles. The number of anilines is 1. The highest BCUT2D eigenvalue weighted by Crippen LogP contribution is 2.24. The second-order valence-corrected chi connectivity index (χ2v) is 6.62. The van der Waals surface area contributed by atoms with Gasteiger partial charge in [-0.1, -0.05) is 6.07 Å². The number of carbonyl (C=O) groups excluding carboxylic acids is 1. The standard InChI is InChI=1S/C20H21N3O4/c1-20(2,11-10-18(24)25)23-19(26)22-15-4-3-5-17(12-15)27-16-8-6-14(13-21)7-9-16/h3-9,12H,10-11H2,1-2H3,(H,24,25)(H2,22,23,26). The van der Waals surface area contributed by atoms with E-state index in [1.165, 1.54) is 0 Å². The first-order valence-corrected chi connectivity index (χ1v) is 8.36. The Labute approximate surface area is 157 Å². The van der Waals surface area contributed by atoms with Crippen LogP contribution in [0.25, 0.3) is 0 Å². The average molecular weight is 367 g/mol. The van der Waals surface area contributed by atoms with Crippen LogP contribution in [0.5, 0.6) is 11.5 Å². The highest BCUT2D eigenvalue weighted by Gasteiger charge is 2.21. The fourth-order valence-corrected chi connectivity index (χ4v) is 2.32. The number of aliphatic carboxylic acids is 1. The summed E-state index contributed by atoms with van der Waals surface area (Å²) in [6.07, 6.45) is 0.290. The number of rotatable bonds is 7. The Morgan fingerprint density at radius 2 is 1.85 bits per heavy atom. The molecule has 2 aromatic rings. The smallest absolute Gasteiger partial charge is 0.319 e. The van der Waals surface area contributed by atoms with Crippen LogP contribution >= 0.6 is 0 Å². The molecule has 0 heterocycles. The van der Waals surface area contributed by atoms with E-state index >= 15 is 0 Å². The molecule has 0 unspecified atom stereocenters. The number of nitrogens with zero attached hydrogens (tertiary/aromatic N) is 1. The maximum absolute atomic E-state index is 12.2. The molecule has 0 aliphatic carbocycles. The zero-order valence-electron chi connectivity index (χ0n) is 15.2. The van der Waals surface area contributed by atoms with E-state index in [9.17, 15) is 9.59 Å². The van der Waals surface area contributed by atoms with Crippen molar-refractivity contribution in [2.75, 3.05) is 5.32 Å². The van der Waals surface area contributed by atoms with Crippen molar-refractivity contribution in [3.05, 3.63) is 54.1 Å². The lowest BCUT2D eigenvalue weighted by molar-refractivity contribution is -0.137. The second-order valence-electron chi connectivity index (χ2n) is 6.62. The third-order valence-electron chi connectivity index (χ3n) is 3.73. The van der Waals surface area contributed by atoms with Gasteiger partial charge in [-0.2, -0.15) is 5.26 Å². The minimum absolute atomic E-state index is 0.0266. The molecule has 140 valence electrons. The van der Waals surface area contributed by atoms with Crippen molar-refractivity contribution >= 4 is 17.7 Å². The van der Waals surface area contributed by atoms with Crippen LogP contribution < -0.4 is 15.4 Å². The average Bonchev–Trinajstić information content (AvgIpc) is 2.60. The predicted molar refractivity (Wildman–Crippen MR) is 101 cm³/mol. The largest absolute Gasteiger partial charge is 0.481 e. The number of nitriles is 1. The van der Waals surface area contributed by atoms with Crippen LogP contribution in [-0.2, 0) is 4.79 Å². The molecule has 0 spiro atoms. The van der Waals surface area contributed by atoms with Crippen LogP contribution in [0.3, 0.4) is 0 Å². The fourth-order valence-electron chi connectivity index (χ4n) is 2.32. The minimum Gasteiger partial charge on any atom is -0.481 e. The SMILES string of the molecule is CC(C)(CCC(=O)O)NC(=O)Nc1cccc(Oc2ccc(C#N)cc2)c1. The monoisotopic (exact) mass is 367 g/mol. The van der Waals surface area contributed by atoms with Crippen molar-refractivity contribution in [1.29, 1.82) is 5.26 Å². The lowest BCUT2D eigenvalue weighted by atomic mass is 9.99. The molecule has 3 N–H and O–H groups in total. The van der Waals surface area contributed by atoms with Crippen molar-refractivity contribution in [3.63, 3.8) is 0 Å². The van der Waals surface area contributed by atoms with Crippen LogP contribution in [0.4, 0.5) is 10.5 Å². The van der Waals surface area contributed by atoms with Gasteiger partial charge in [-0.3, -0.25) is 4.79 Å². The van der Waals surface area contributed by atoms with Crippen LogP contribution in [0.1, 0.15) is 32.3 Å². The number of nitrogens with one attached hydrogen (secondary N) is 2. The molecule has 7 heteroatoms. The number of amides is 2. The van der Waals surface area contributed by atoms with Gasteiger partial charge in [0.05, 0.1) is 11.6 Å². The molecule has 0 aromatic heterocycles. The lowest BCUT2D eigenvalue weighted by Crippen LogP contribution is -2.45. The van der Waals surface area contributed by atoms with Gasteiger partial charge in [0.1, 0.15) is 11.5 Å². The molecule has 2 aromatic carbocycles. The molecule has 0 bridgehead atoms. The second kappa shape index (κ2) is 8.72. The van der Waals surface area contributed by atoms with E-state index in [0.29, 0.717) is 29.2 Å². The van der Waals surface area contributed by atoms with Crippen molar-refractivity contribution in [2.24, 2.45) is 0 Å². The quantitative estimate of drug-likeness (QED) is 0.682. The van der Waals surface area contributed by atoms with Gasteiger partial charge < -0.3 is 20.5 Å². The van der Waals surface area contributed by atoms with E-state index in [-0.39, 0.29) is 6.42 Å². The van der Waals surface area contributed by atoms with Crippen LogP contribution in [0.15, 0.2) is 48.5 Å². The number of benzene rings is 2. The van der Waals surface area contributed by atoms with Gasteiger partial charge in [0.25, 0.3) is 0 Å². The van der Waals surface area contributed by atoms with Gasteiger partial charge >= 0.3 is 12.0 Å². The summed E-state index contributed by atoms with van der Waals surface area (Å²) in [6, 6.07) is 15.2. The summed E-state index contributed by atoms with van der Waals surface area (Å²) in [5, 5.41) is 23.0. The van der Waals surface area contributed by atoms with Gasteiger partial charge in [-0.05, 0) is 56.7 Å². The van der Waals surface area contributed by atoms with Gasteiger partial charge in [-0.15, -0.1) is 0 Å². The van der Waals surface area contributed by atoms with Gasteiger partial charge in [0.2, 0.25) is 0 Å². The molecule has 2 rings (SSSR count). The molecule has 7 nitrogen and oxygen atoms in total. The molecular weight excluding hydrogens is 346 g/mol. The molecular formula is C20H21N3O4. The first-order valence-electron chi connectivity index (χ1n) is 8.36. The summed E-state index contributed by atoms with van der Waals surface area (Å²) in [7, 11) is 0. The molecule has 0 fully saturated rings. The molecule has 0 saturated carbocycles. The van der Waals surface area contributed by atoms with Gasteiger partial charge in [0, 0.05) is 23.7 Å². The molecule has 0 saturated heterocycles. The summed E-state index contributed by atoms with van der Waals surface area (Å²) < 4.78 is 5.72. The number of ether oxygens (including phenoxy) is 1. The van der Waals surface area contributed by atoms with Gasteiger partial charge in [0.15, 0.2) is 0 Å². The summed E-state index contributed by atoms with van der Waals surface area (Å²) in [4.78, 5) is 22.9. The third-order valence-corrected chi connectivity index (χ3v) is 3.73. The first kappa shape index (κ1) is 19.8. The summed E-state index contributed by atoms with van der Waals surface area (Å²) in [6.45, 7) is 3.53. The maximum Gasteiger partial charge on any atom is 0.319 e. The van der Waals surface area contributed by atoms with Crippen molar-refractivity contribution < 1.29 is 19.4 Å². The minimum atomic E-state index is -0.905. The summed E-state index contributed by atoms with van der Waals surface area (Å²) in [5.41, 5.74) is 0.423. The number of urea groups is 1. The van der Waals surface area contributed by atoms with Crippen LogP contribution in [0, 0.1) is 11.3 Å². The Morgan fingerprint density at radius 1 is 1.15 bits per heavy atom. The van der Waals surface area contributed by atoms with Gasteiger partial charge in [-0.25, -0.2) is 4.79 Å². The van der Waals surface area contributed by atoms with E-state index in [0.717, 1.165) is 0 Å². The lowest BCUT2D eigenvalue weighted by Gasteiger charge is -2.25. The van der Waals surface area contributed by atoms with E-state index in [4.69, 9.17) is 15.1 Å². The predicted octanol–water partition coefficient (Wildman–Crippen LogP) is 4.12. The number of carboxylic acids is 1. The highest BCUT2D eigenvalue weighted by atomic mass is 16.5. The topological polar surface area (TPSA) is 111 Å². The molecule has 0 radical (unpaired) electrons. The van der Waals surface area contributed by atoms with E-state index in [1.54, 1.807) is 62.4 Å². The maximum atomic E-state index is 12.2. The van der Waals surface area contributed by atoms with Crippen LogP contribution in [-0.4, -0.2) is 22.6 Å². The summed E-state index contributed by atoms with van der Waals surface area (Å²) in [5.74, 6) is 0.200. The number of hydrogen-bond donors (Lipinski definition) is 3. The normalized spacial score (nSPS) is 10.6. The van der Waals surface area contributed by atoms with E-state index < -0.39 is 17.5 Å². The zero-order valence-corrected chi connectivity index (χ0v) is 15.2. The van der Waals surface area contributed by atoms with E-state index in [1.807, 2.05) is 6.07 Å². The number of carbonyl (C=O) groups is 2. The Kier molecular flexibility index (Phi) is 6.39. The zero-order chi connectivity index (χ0) is 19.9. The Balaban J connectivity index is 1.97. The van der Waals surface area contributed by atoms with E-state index in [2.05, 4.69) is 10.6 Å². The van der Waals surface area contributed by atoms with Crippen molar-refractivity contribution in [1.82, 2.24) is 5.32 Å². The van der Waals surface area contributed by atoms with Crippen LogP contribution in [0.2, 0.25) is 0 Å². The Bertz CT molecular complexity index is 854. The van der Waals surface area contributed by atoms with Crippen molar-refractivity contribution in [2.45, 2.75) is 32.2 Å². The number of hydrogen-bond acceptors (Lipinski definition) is 4. The molecule has 0 atom stereocenters. The number of carboxylic acid groups (broad SMARTS) is 1.